The summed E-state index contributed by atoms with van der Waals surface area (Å²) < 4.78 is 5.94. The van der Waals surface area contributed by atoms with Crippen molar-refractivity contribution >= 4 is 27.8 Å². The molecule has 2 aromatic heterocycles. The van der Waals surface area contributed by atoms with Crippen molar-refractivity contribution in [3.8, 4) is 17.0 Å². The number of aromatic nitrogens is 2. The fourth-order valence-corrected chi connectivity index (χ4v) is 4.46. The molecular formula is C25H25N3O4. The number of carboxylic acids is 1. The quantitative estimate of drug-likeness (QED) is 0.370. The molecule has 164 valence electrons. The molecule has 1 fully saturated rings. The summed E-state index contributed by atoms with van der Waals surface area (Å²) in [6.45, 7) is 1.24. The van der Waals surface area contributed by atoms with E-state index >= 15 is 0 Å². The summed E-state index contributed by atoms with van der Waals surface area (Å²) in [5.41, 5.74) is 2.97. The minimum Gasteiger partial charge on any atom is -0.494 e. The summed E-state index contributed by atoms with van der Waals surface area (Å²) >= 11 is 0. The number of hydrogen-bond acceptors (Lipinski definition) is 4. The van der Waals surface area contributed by atoms with Crippen LogP contribution in [0.4, 0.5) is 0 Å². The lowest BCUT2D eigenvalue weighted by molar-refractivity contribution is -0.143. The van der Waals surface area contributed by atoms with Crippen LogP contribution in [0.2, 0.25) is 0 Å². The molecule has 0 aliphatic carbocycles. The standard InChI is InChI=1S/C25H25N3O4/c29-24-20(13-15-3-1-2-4-21(15)28-24)23-14-17-12-19(5-6-22(17)27-23)32-10-8-18-11-16(25(30)31)7-9-26-18/h1-6,12-14,16,18,26-27H,7-11H2,(H,28,29)(H,30,31). The Bertz CT molecular complexity index is 1340. The molecule has 0 amide bonds. The maximum atomic E-state index is 12.6. The van der Waals surface area contributed by atoms with Gasteiger partial charge in [0.1, 0.15) is 5.75 Å². The van der Waals surface area contributed by atoms with E-state index in [1.54, 1.807) is 0 Å². The summed E-state index contributed by atoms with van der Waals surface area (Å²) in [6, 6.07) is 17.5. The van der Waals surface area contributed by atoms with Crippen LogP contribution in [0, 0.1) is 5.92 Å². The van der Waals surface area contributed by atoms with Crippen LogP contribution in [0.5, 0.6) is 5.75 Å². The minimum atomic E-state index is -0.712. The zero-order chi connectivity index (χ0) is 22.1. The van der Waals surface area contributed by atoms with Crippen molar-refractivity contribution in [2.24, 2.45) is 5.92 Å². The number of H-pyrrole nitrogens is 2. The monoisotopic (exact) mass is 431 g/mol. The molecule has 0 saturated carbocycles. The molecule has 0 bridgehead atoms. The van der Waals surface area contributed by atoms with Crippen LogP contribution in [-0.4, -0.2) is 40.2 Å². The molecule has 4 N–H and O–H groups in total. The molecule has 7 heteroatoms. The molecule has 7 nitrogen and oxygen atoms in total. The first kappa shape index (κ1) is 20.3. The molecule has 3 heterocycles. The number of nitrogens with one attached hydrogen (secondary N) is 3. The summed E-state index contributed by atoms with van der Waals surface area (Å²) in [5.74, 6) is -0.230. The summed E-state index contributed by atoms with van der Waals surface area (Å²) in [7, 11) is 0. The third kappa shape index (κ3) is 4.11. The summed E-state index contributed by atoms with van der Waals surface area (Å²) in [5, 5.41) is 14.6. The predicted molar refractivity (Wildman–Crippen MR) is 124 cm³/mol. The highest BCUT2D eigenvalue weighted by Gasteiger charge is 2.26. The fraction of sp³-hybridized carbons (Fsp3) is 0.280. The fourth-order valence-electron chi connectivity index (χ4n) is 4.46. The zero-order valence-electron chi connectivity index (χ0n) is 17.6. The number of carbonyl (C=O) groups is 1. The largest absolute Gasteiger partial charge is 0.494 e. The van der Waals surface area contributed by atoms with Crippen molar-refractivity contribution in [1.29, 1.82) is 0 Å². The van der Waals surface area contributed by atoms with E-state index in [2.05, 4.69) is 15.3 Å². The topological polar surface area (TPSA) is 107 Å². The molecule has 0 radical (unpaired) electrons. The second kappa shape index (κ2) is 8.51. The van der Waals surface area contributed by atoms with E-state index in [4.69, 9.17) is 4.74 Å². The second-order valence-corrected chi connectivity index (χ2v) is 8.38. The number of rotatable bonds is 6. The van der Waals surface area contributed by atoms with Gasteiger partial charge in [0.25, 0.3) is 5.56 Å². The Morgan fingerprint density at radius 1 is 1.03 bits per heavy atom. The molecule has 1 saturated heterocycles. The Morgan fingerprint density at radius 3 is 2.75 bits per heavy atom. The van der Waals surface area contributed by atoms with Gasteiger partial charge in [-0.05, 0) is 67.6 Å². The zero-order valence-corrected chi connectivity index (χ0v) is 17.6. The van der Waals surface area contributed by atoms with Crippen molar-refractivity contribution < 1.29 is 14.6 Å². The second-order valence-electron chi connectivity index (χ2n) is 8.38. The molecule has 2 unspecified atom stereocenters. The molecule has 0 spiro atoms. The Hall–Kier alpha value is -3.58. The average molecular weight is 431 g/mol. The van der Waals surface area contributed by atoms with Crippen LogP contribution in [0.25, 0.3) is 33.1 Å². The molecule has 5 rings (SSSR count). The van der Waals surface area contributed by atoms with Crippen molar-refractivity contribution in [3.63, 3.8) is 0 Å². The van der Waals surface area contributed by atoms with E-state index in [9.17, 15) is 14.7 Å². The number of aliphatic carboxylic acids is 1. The van der Waals surface area contributed by atoms with Gasteiger partial charge in [0.2, 0.25) is 0 Å². The highest BCUT2D eigenvalue weighted by Crippen LogP contribution is 2.27. The summed E-state index contributed by atoms with van der Waals surface area (Å²) in [4.78, 5) is 30.1. The molecular weight excluding hydrogens is 406 g/mol. The van der Waals surface area contributed by atoms with Gasteiger partial charge in [0.15, 0.2) is 0 Å². The number of pyridine rings is 1. The number of piperidine rings is 1. The lowest BCUT2D eigenvalue weighted by Crippen LogP contribution is -2.41. The van der Waals surface area contributed by atoms with E-state index in [1.807, 2.05) is 54.6 Å². The Morgan fingerprint density at radius 2 is 1.88 bits per heavy atom. The third-order valence-electron chi connectivity index (χ3n) is 6.21. The van der Waals surface area contributed by atoms with E-state index < -0.39 is 5.97 Å². The van der Waals surface area contributed by atoms with Crippen LogP contribution < -0.4 is 15.6 Å². The van der Waals surface area contributed by atoms with Gasteiger partial charge in [-0.1, -0.05) is 18.2 Å². The van der Waals surface area contributed by atoms with Crippen molar-refractivity contribution in [2.45, 2.75) is 25.3 Å². The van der Waals surface area contributed by atoms with Gasteiger partial charge in [0, 0.05) is 22.5 Å². The van der Waals surface area contributed by atoms with Gasteiger partial charge < -0.3 is 25.1 Å². The van der Waals surface area contributed by atoms with E-state index in [0.717, 1.165) is 46.2 Å². The third-order valence-corrected chi connectivity index (χ3v) is 6.21. The van der Waals surface area contributed by atoms with Gasteiger partial charge in [-0.2, -0.15) is 0 Å². The number of carboxylic acid groups (broad SMARTS) is 1. The van der Waals surface area contributed by atoms with Gasteiger partial charge >= 0.3 is 5.97 Å². The number of fused-ring (bicyclic) bond motifs is 2. The normalized spacial score (nSPS) is 18.8. The maximum Gasteiger partial charge on any atom is 0.306 e. The van der Waals surface area contributed by atoms with Gasteiger partial charge in [-0.25, -0.2) is 0 Å². The van der Waals surface area contributed by atoms with Gasteiger partial charge in [-0.3, -0.25) is 9.59 Å². The highest BCUT2D eigenvalue weighted by atomic mass is 16.5. The van der Waals surface area contributed by atoms with E-state index in [1.165, 1.54) is 0 Å². The van der Waals surface area contributed by atoms with Crippen LogP contribution in [0.15, 0.2) is 59.4 Å². The van der Waals surface area contributed by atoms with Gasteiger partial charge in [-0.15, -0.1) is 0 Å². The molecule has 2 aromatic carbocycles. The Labute approximate surface area is 184 Å². The number of para-hydroxylation sites is 1. The minimum absolute atomic E-state index is 0.133. The maximum absolute atomic E-state index is 12.6. The van der Waals surface area contributed by atoms with Crippen molar-refractivity contribution in [2.75, 3.05) is 13.2 Å². The lowest BCUT2D eigenvalue weighted by atomic mass is 9.91. The van der Waals surface area contributed by atoms with Crippen LogP contribution in [0.3, 0.4) is 0 Å². The first-order valence-corrected chi connectivity index (χ1v) is 10.9. The lowest BCUT2D eigenvalue weighted by Gasteiger charge is -2.27. The van der Waals surface area contributed by atoms with Gasteiger partial charge in [0.05, 0.1) is 23.8 Å². The number of hydrogen-bond donors (Lipinski definition) is 4. The molecule has 1 aliphatic heterocycles. The smallest absolute Gasteiger partial charge is 0.306 e. The van der Waals surface area contributed by atoms with Crippen LogP contribution >= 0.6 is 0 Å². The predicted octanol–water partition coefficient (Wildman–Crippen LogP) is 3.90. The molecule has 2 atom stereocenters. The SMILES string of the molecule is O=C(O)C1CCNC(CCOc2ccc3[nH]c(-c4cc5ccccc5[nH]c4=O)cc3c2)C1. The van der Waals surface area contributed by atoms with Crippen LogP contribution in [-0.2, 0) is 4.79 Å². The first-order chi connectivity index (χ1) is 15.6. The van der Waals surface area contributed by atoms with Crippen LogP contribution in [0.1, 0.15) is 19.3 Å². The van der Waals surface area contributed by atoms with Crippen molar-refractivity contribution in [1.82, 2.24) is 15.3 Å². The molecule has 4 aromatic rings. The van der Waals surface area contributed by atoms with E-state index in [-0.39, 0.29) is 17.5 Å². The highest BCUT2D eigenvalue weighted by molar-refractivity contribution is 5.89. The molecule has 1 aliphatic rings. The Balaban J connectivity index is 1.30. The number of ether oxygens (including phenoxy) is 1. The first-order valence-electron chi connectivity index (χ1n) is 10.9. The Kier molecular flexibility index (Phi) is 5.41. The van der Waals surface area contributed by atoms with Crippen molar-refractivity contribution in [3.05, 3.63) is 65.0 Å². The average Bonchev–Trinajstić information content (AvgIpc) is 3.22. The molecule has 32 heavy (non-hydrogen) atoms. The van der Waals surface area contributed by atoms with E-state index in [0.29, 0.717) is 25.0 Å². The summed E-state index contributed by atoms with van der Waals surface area (Å²) in [6.07, 6.45) is 2.07. The number of aromatic amines is 2. The number of benzene rings is 2.